The Morgan fingerprint density at radius 1 is 1.30 bits per heavy atom. The molecule has 20 heavy (non-hydrogen) atoms. The van der Waals surface area contributed by atoms with E-state index in [4.69, 9.17) is 14.6 Å². The first-order valence-electron chi connectivity index (χ1n) is 6.31. The van der Waals surface area contributed by atoms with Gasteiger partial charge in [0.25, 0.3) is 0 Å². The Morgan fingerprint density at radius 2 is 2.05 bits per heavy atom. The van der Waals surface area contributed by atoms with Crippen molar-refractivity contribution in [2.24, 2.45) is 0 Å². The van der Waals surface area contributed by atoms with Crippen molar-refractivity contribution in [3.8, 4) is 11.4 Å². The summed E-state index contributed by atoms with van der Waals surface area (Å²) in [6, 6.07) is 9.26. The van der Waals surface area contributed by atoms with Crippen LogP contribution >= 0.6 is 0 Å². The number of carboxylic acid groups (broad SMARTS) is 1. The smallest absolute Gasteiger partial charge is 0.360 e. The SMILES string of the molecule is CCOCCOc1cn(-c2ccccc2)nc1C(=O)O. The average molecular weight is 276 g/mol. The first kappa shape index (κ1) is 14.1. The molecule has 1 heterocycles. The summed E-state index contributed by atoms with van der Waals surface area (Å²) in [5.41, 5.74) is 0.667. The highest BCUT2D eigenvalue weighted by Crippen LogP contribution is 2.19. The number of nitrogens with zero attached hydrogens (tertiary/aromatic N) is 2. The molecule has 0 saturated carbocycles. The lowest BCUT2D eigenvalue weighted by atomic mass is 10.3. The lowest BCUT2D eigenvalue weighted by Crippen LogP contribution is -2.08. The van der Waals surface area contributed by atoms with Gasteiger partial charge < -0.3 is 14.6 Å². The van der Waals surface area contributed by atoms with Crippen LogP contribution in [-0.2, 0) is 4.74 Å². The molecule has 0 bridgehead atoms. The Bertz CT molecular complexity index is 566. The molecule has 0 amide bonds. The minimum atomic E-state index is -1.12. The van der Waals surface area contributed by atoms with E-state index in [9.17, 15) is 4.79 Å². The monoisotopic (exact) mass is 276 g/mol. The molecule has 0 fully saturated rings. The molecule has 1 aromatic heterocycles. The zero-order valence-corrected chi connectivity index (χ0v) is 11.2. The fourth-order valence-electron chi connectivity index (χ4n) is 1.68. The van der Waals surface area contributed by atoms with Gasteiger partial charge in [-0.25, -0.2) is 9.48 Å². The number of benzene rings is 1. The largest absolute Gasteiger partial charge is 0.487 e. The highest BCUT2D eigenvalue weighted by atomic mass is 16.5. The Labute approximate surface area is 116 Å². The lowest BCUT2D eigenvalue weighted by molar-refractivity contribution is 0.0680. The first-order valence-corrected chi connectivity index (χ1v) is 6.31. The fraction of sp³-hybridized carbons (Fsp3) is 0.286. The Morgan fingerprint density at radius 3 is 2.70 bits per heavy atom. The highest BCUT2D eigenvalue weighted by molar-refractivity contribution is 5.88. The molecule has 6 heteroatoms. The second kappa shape index (κ2) is 6.72. The second-order valence-electron chi connectivity index (χ2n) is 3.97. The van der Waals surface area contributed by atoms with E-state index in [-0.39, 0.29) is 18.1 Å². The quantitative estimate of drug-likeness (QED) is 0.783. The summed E-state index contributed by atoms with van der Waals surface area (Å²) >= 11 is 0. The number of carbonyl (C=O) groups is 1. The van der Waals surface area contributed by atoms with Crippen LogP contribution in [0.25, 0.3) is 5.69 Å². The van der Waals surface area contributed by atoms with Crippen molar-refractivity contribution in [1.82, 2.24) is 9.78 Å². The molecule has 0 aliphatic carbocycles. The van der Waals surface area contributed by atoms with Gasteiger partial charge in [-0.1, -0.05) is 18.2 Å². The predicted molar refractivity (Wildman–Crippen MR) is 72.5 cm³/mol. The van der Waals surface area contributed by atoms with Crippen LogP contribution in [0.15, 0.2) is 36.5 Å². The van der Waals surface area contributed by atoms with Gasteiger partial charge in [0.15, 0.2) is 5.75 Å². The van der Waals surface area contributed by atoms with E-state index >= 15 is 0 Å². The highest BCUT2D eigenvalue weighted by Gasteiger charge is 2.17. The van der Waals surface area contributed by atoms with Gasteiger partial charge in [-0.3, -0.25) is 0 Å². The minimum absolute atomic E-state index is 0.106. The number of aromatic nitrogens is 2. The van der Waals surface area contributed by atoms with E-state index in [0.717, 1.165) is 5.69 Å². The van der Waals surface area contributed by atoms with E-state index in [1.807, 2.05) is 37.3 Å². The van der Waals surface area contributed by atoms with Crippen LogP contribution < -0.4 is 4.74 Å². The molecule has 2 rings (SSSR count). The van der Waals surface area contributed by atoms with Crippen LogP contribution in [0.4, 0.5) is 0 Å². The third-order valence-corrected chi connectivity index (χ3v) is 2.59. The summed E-state index contributed by atoms with van der Waals surface area (Å²) in [4.78, 5) is 11.2. The second-order valence-corrected chi connectivity index (χ2v) is 3.97. The van der Waals surface area contributed by atoms with Crippen LogP contribution in [0.5, 0.6) is 5.75 Å². The number of para-hydroxylation sites is 1. The van der Waals surface area contributed by atoms with Crippen molar-refractivity contribution >= 4 is 5.97 Å². The summed E-state index contributed by atoms with van der Waals surface area (Å²) in [6.45, 7) is 3.18. The summed E-state index contributed by atoms with van der Waals surface area (Å²) in [5.74, 6) is -0.882. The van der Waals surface area contributed by atoms with Crippen LogP contribution in [-0.4, -0.2) is 40.7 Å². The van der Waals surface area contributed by atoms with E-state index in [0.29, 0.717) is 13.2 Å². The zero-order chi connectivity index (χ0) is 14.4. The fourth-order valence-corrected chi connectivity index (χ4v) is 1.68. The molecule has 0 atom stereocenters. The number of hydrogen-bond donors (Lipinski definition) is 1. The van der Waals surface area contributed by atoms with Crippen LogP contribution in [0.1, 0.15) is 17.4 Å². The van der Waals surface area contributed by atoms with Gasteiger partial charge in [0.05, 0.1) is 18.5 Å². The molecule has 0 aliphatic rings. The molecule has 0 radical (unpaired) electrons. The Kier molecular flexibility index (Phi) is 4.73. The van der Waals surface area contributed by atoms with Gasteiger partial charge in [-0.05, 0) is 19.1 Å². The van der Waals surface area contributed by atoms with Gasteiger partial charge in [0.1, 0.15) is 6.61 Å². The maximum atomic E-state index is 11.2. The number of aromatic carboxylic acids is 1. The van der Waals surface area contributed by atoms with Crippen molar-refractivity contribution in [3.05, 3.63) is 42.2 Å². The van der Waals surface area contributed by atoms with Gasteiger partial charge in [0, 0.05) is 6.61 Å². The summed E-state index contributed by atoms with van der Waals surface area (Å²) < 4.78 is 12.0. The van der Waals surface area contributed by atoms with Crippen LogP contribution in [0.3, 0.4) is 0 Å². The van der Waals surface area contributed by atoms with Crippen molar-refractivity contribution in [3.63, 3.8) is 0 Å². The van der Waals surface area contributed by atoms with E-state index in [2.05, 4.69) is 5.10 Å². The van der Waals surface area contributed by atoms with E-state index < -0.39 is 5.97 Å². The topological polar surface area (TPSA) is 73.6 Å². The van der Waals surface area contributed by atoms with Gasteiger partial charge in [-0.2, -0.15) is 5.10 Å². The third kappa shape index (κ3) is 3.36. The molecule has 106 valence electrons. The van der Waals surface area contributed by atoms with Gasteiger partial charge in [0.2, 0.25) is 5.69 Å². The lowest BCUT2D eigenvalue weighted by Gasteiger charge is -2.03. The normalized spacial score (nSPS) is 10.4. The predicted octanol–water partition coefficient (Wildman–Crippen LogP) is 1.99. The molecule has 0 saturated heterocycles. The molecule has 0 unspecified atom stereocenters. The number of ether oxygens (including phenoxy) is 2. The molecule has 0 aliphatic heterocycles. The Hall–Kier alpha value is -2.34. The standard InChI is InChI=1S/C14H16N2O4/c1-2-19-8-9-20-12-10-16(15-13(12)14(17)18)11-6-4-3-5-7-11/h3-7,10H,2,8-9H2,1H3,(H,17,18). The van der Waals surface area contributed by atoms with Crippen molar-refractivity contribution in [1.29, 1.82) is 0 Å². The summed E-state index contributed by atoms with van der Waals surface area (Å²) in [7, 11) is 0. The maximum absolute atomic E-state index is 11.2. The summed E-state index contributed by atoms with van der Waals surface area (Å²) in [5, 5.41) is 13.2. The number of carboxylic acids is 1. The van der Waals surface area contributed by atoms with Crippen molar-refractivity contribution < 1.29 is 19.4 Å². The van der Waals surface area contributed by atoms with Gasteiger partial charge >= 0.3 is 5.97 Å². The molecule has 6 nitrogen and oxygen atoms in total. The van der Waals surface area contributed by atoms with E-state index in [1.54, 1.807) is 6.20 Å². The third-order valence-electron chi connectivity index (χ3n) is 2.59. The molecular formula is C14H16N2O4. The zero-order valence-electron chi connectivity index (χ0n) is 11.2. The van der Waals surface area contributed by atoms with Gasteiger partial charge in [-0.15, -0.1) is 0 Å². The maximum Gasteiger partial charge on any atom is 0.360 e. The van der Waals surface area contributed by atoms with Crippen LogP contribution in [0, 0.1) is 0 Å². The molecule has 1 N–H and O–H groups in total. The number of rotatable bonds is 7. The number of hydrogen-bond acceptors (Lipinski definition) is 4. The van der Waals surface area contributed by atoms with E-state index in [1.165, 1.54) is 4.68 Å². The average Bonchev–Trinajstić information content (AvgIpc) is 2.89. The van der Waals surface area contributed by atoms with Crippen molar-refractivity contribution in [2.75, 3.05) is 19.8 Å². The van der Waals surface area contributed by atoms with Crippen LogP contribution in [0.2, 0.25) is 0 Å². The molecule has 0 spiro atoms. The van der Waals surface area contributed by atoms with Crippen molar-refractivity contribution in [2.45, 2.75) is 6.92 Å². The minimum Gasteiger partial charge on any atom is -0.487 e. The molecule has 1 aromatic carbocycles. The first-order chi connectivity index (χ1) is 9.72. The molecular weight excluding hydrogens is 260 g/mol. The summed E-state index contributed by atoms with van der Waals surface area (Å²) in [6.07, 6.45) is 1.56. The molecule has 2 aromatic rings. The Balaban J connectivity index is 2.18.